The lowest BCUT2D eigenvalue weighted by molar-refractivity contribution is -0.154. The van der Waals surface area contributed by atoms with Gasteiger partial charge in [0.15, 0.2) is 0 Å². The fraction of sp³-hybridized carbons (Fsp3) is 0.200. The molecule has 3 aromatic rings. The Balaban J connectivity index is 0.000000292. The molecule has 0 saturated heterocycles. The maximum Gasteiger partial charge on any atom is 0.374 e. The average molecular weight is 540 g/mol. The third-order valence-electron chi connectivity index (χ3n) is 4.50. The van der Waals surface area contributed by atoms with Crippen molar-refractivity contribution in [3.8, 4) is 0 Å². The normalized spacial score (nSPS) is 9.31. The first-order chi connectivity index (χ1) is 18.6. The topological polar surface area (TPSA) is 130 Å². The highest BCUT2D eigenvalue weighted by Crippen LogP contribution is 2.02. The van der Waals surface area contributed by atoms with E-state index >= 15 is 0 Å². The Kier molecular flexibility index (Phi) is 15.1. The van der Waals surface area contributed by atoms with Gasteiger partial charge in [0.25, 0.3) is 0 Å². The van der Waals surface area contributed by atoms with Crippen molar-refractivity contribution in [2.75, 3.05) is 0 Å². The number of ketones is 3. The standard InChI is InChI=1S/3C10H10O3/c3*1-8(11)10(12)13-7-9-5-3-2-4-6-9/h3*2-6H,7H2,1H3/i1+1,10+1;1+1,8+1;1+1. The van der Waals surface area contributed by atoms with E-state index in [1.54, 1.807) is 0 Å². The molecule has 0 aromatic heterocycles. The summed E-state index contributed by atoms with van der Waals surface area (Å²) >= 11 is 0. The van der Waals surface area contributed by atoms with Crippen LogP contribution in [-0.2, 0) is 62.8 Å². The van der Waals surface area contributed by atoms with Gasteiger partial charge >= 0.3 is 17.9 Å². The van der Waals surface area contributed by atoms with Gasteiger partial charge in [-0.25, -0.2) is 14.4 Å². The highest BCUT2D eigenvalue weighted by atomic mass is 16.6. The lowest BCUT2D eigenvalue weighted by Crippen LogP contribution is -2.13. The van der Waals surface area contributed by atoms with Crippen molar-refractivity contribution in [3.63, 3.8) is 0 Å². The van der Waals surface area contributed by atoms with Crippen LogP contribution in [0.5, 0.6) is 0 Å². The van der Waals surface area contributed by atoms with E-state index in [4.69, 9.17) is 14.2 Å². The maximum absolute atomic E-state index is 10.7. The van der Waals surface area contributed by atoms with Crippen LogP contribution >= 0.6 is 0 Å². The average Bonchev–Trinajstić information content (AvgIpc) is 2.95. The molecule has 3 aromatic carbocycles. The molecule has 0 fully saturated rings. The number of carbonyl (C=O) groups is 6. The zero-order chi connectivity index (χ0) is 29.0. The second-order valence-electron chi connectivity index (χ2n) is 7.85. The summed E-state index contributed by atoms with van der Waals surface area (Å²) in [6.45, 7) is 4.02. The Morgan fingerprint density at radius 1 is 0.410 bits per heavy atom. The molecular formula is C30H30O9. The van der Waals surface area contributed by atoms with Crippen molar-refractivity contribution in [1.82, 2.24) is 0 Å². The smallest absolute Gasteiger partial charge is 0.374 e. The molecule has 204 valence electrons. The van der Waals surface area contributed by atoms with Gasteiger partial charge < -0.3 is 14.2 Å². The number of rotatable bonds is 9. The molecule has 0 aliphatic rings. The molecule has 0 aliphatic heterocycles. The van der Waals surface area contributed by atoms with Gasteiger partial charge in [-0.2, -0.15) is 0 Å². The molecule has 3 rings (SSSR count). The molecule has 9 heteroatoms. The fourth-order valence-electron chi connectivity index (χ4n) is 2.47. The summed E-state index contributed by atoms with van der Waals surface area (Å²) in [7, 11) is 0. The largest absolute Gasteiger partial charge is 0.455 e. The van der Waals surface area contributed by atoms with E-state index in [-0.39, 0.29) is 19.8 Å². The third-order valence-corrected chi connectivity index (χ3v) is 4.50. The second-order valence-corrected chi connectivity index (χ2v) is 7.85. The van der Waals surface area contributed by atoms with Crippen LogP contribution in [0.3, 0.4) is 0 Å². The van der Waals surface area contributed by atoms with E-state index in [1.165, 1.54) is 20.8 Å². The third kappa shape index (κ3) is 15.0. The number of carbonyl (C=O) groups excluding carboxylic acids is 6. The molecule has 0 spiro atoms. The number of Topliss-reactive ketones (excluding diaryl/α,β-unsaturated/α-hetero) is 3. The van der Waals surface area contributed by atoms with Crippen LogP contribution < -0.4 is 0 Å². The van der Waals surface area contributed by atoms with Gasteiger partial charge in [-0.3, -0.25) is 14.4 Å². The lowest BCUT2D eigenvalue weighted by atomic mass is 10.2. The van der Waals surface area contributed by atoms with E-state index in [0.717, 1.165) is 16.7 Å². The van der Waals surface area contributed by atoms with E-state index in [1.807, 2.05) is 91.0 Å². The molecular weight excluding hydrogens is 509 g/mol. The number of esters is 3. The molecule has 0 saturated carbocycles. The van der Waals surface area contributed by atoms with E-state index < -0.39 is 35.3 Å². The van der Waals surface area contributed by atoms with Crippen molar-refractivity contribution in [3.05, 3.63) is 108 Å². The minimum absolute atomic E-state index is 0.152. The van der Waals surface area contributed by atoms with Crippen LogP contribution in [0.1, 0.15) is 37.5 Å². The van der Waals surface area contributed by atoms with Crippen molar-refractivity contribution < 1.29 is 43.0 Å². The first kappa shape index (κ1) is 32.1. The number of benzene rings is 3. The number of hydrogen-bond donors (Lipinski definition) is 0. The molecule has 0 bridgehead atoms. The molecule has 0 radical (unpaired) electrons. The van der Waals surface area contributed by atoms with Gasteiger partial charge in [-0.05, 0) is 16.7 Å². The summed E-state index contributed by atoms with van der Waals surface area (Å²) in [6.07, 6.45) is 0. The maximum atomic E-state index is 10.7. The molecule has 9 nitrogen and oxygen atoms in total. The number of hydrogen-bond acceptors (Lipinski definition) is 9. The Labute approximate surface area is 226 Å². The van der Waals surface area contributed by atoms with Crippen LogP contribution in [0.15, 0.2) is 91.0 Å². The van der Waals surface area contributed by atoms with Crippen LogP contribution in [0.4, 0.5) is 0 Å². The highest BCUT2D eigenvalue weighted by Gasteiger charge is 2.09. The van der Waals surface area contributed by atoms with Gasteiger partial charge in [0.05, 0.1) is 0 Å². The first-order valence-electron chi connectivity index (χ1n) is 11.7. The monoisotopic (exact) mass is 539 g/mol. The van der Waals surface area contributed by atoms with Crippen LogP contribution in [-0.4, -0.2) is 35.3 Å². The van der Waals surface area contributed by atoms with Gasteiger partial charge in [0.1, 0.15) is 19.8 Å². The summed E-state index contributed by atoms with van der Waals surface area (Å²) < 4.78 is 14.1. The molecule has 0 N–H and O–H groups in total. The molecule has 0 atom stereocenters. The Hall–Kier alpha value is -4.92. The second kappa shape index (κ2) is 18.3. The van der Waals surface area contributed by atoms with Crippen LogP contribution in [0.25, 0.3) is 0 Å². The molecule has 0 aliphatic carbocycles. The van der Waals surface area contributed by atoms with Gasteiger partial charge in [-0.15, -0.1) is 0 Å². The Morgan fingerprint density at radius 3 is 0.795 bits per heavy atom. The van der Waals surface area contributed by atoms with E-state index in [2.05, 4.69) is 0 Å². The summed E-state index contributed by atoms with van der Waals surface area (Å²) in [4.78, 5) is 63.7. The minimum Gasteiger partial charge on any atom is -0.455 e. The summed E-state index contributed by atoms with van der Waals surface area (Å²) in [5.74, 6) is -4.08. The van der Waals surface area contributed by atoms with E-state index in [0.29, 0.717) is 0 Å². The predicted molar refractivity (Wildman–Crippen MR) is 141 cm³/mol. The fourth-order valence-corrected chi connectivity index (χ4v) is 2.47. The summed E-state index contributed by atoms with van der Waals surface area (Å²) in [6, 6.07) is 27.6. The van der Waals surface area contributed by atoms with Crippen molar-refractivity contribution in [2.45, 2.75) is 40.6 Å². The summed E-state index contributed by atoms with van der Waals surface area (Å²) in [5, 5.41) is 0. The highest BCUT2D eigenvalue weighted by molar-refractivity contribution is 6.33. The first-order valence-corrected chi connectivity index (χ1v) is 11.7. The van der Waals surface area contributed by atoms with Crippen LogP contribution in [0, 0.1) is 0 Å². The Morgan fingerprint density at radius 2 is 0.615 bits per heavy atom. The van der Waals surface area contributed by atoms with Crippen molar-refractivity contribution in [1.29, 1.82) is 0 Å². The van der Waals surface area contributed by atoms with Crippen LogP contribution in [0.2, 0.25) is 0 Å². The summed E-state index contributed by atoms with van der Waals surface area (Å²) in [5.41, 5.74) is 2.62. The van der Waals surface area contributed by atoms with Crippen molar-refractivity contribution >= 4 is 35.3 Å². The predicted octanol–water partition coefficient (Wildman–Crippen LogP) is 3.96. The molecule has 0 unspecified atom stereocenters. The van der Waals surface area contributed by atoms with Gasteiger partial charge in [0.2, 0.25) is 17.3 Å². The van der Waals surface area contributed by atoms with E-state index in [9.17, 15) is 28.8 Å². The zero-order valence-corrected chi connectivity index (χ0v) is 22.0. The van der Waals surface area contributed by atoms with Gasteiger partial charge in [-0.1, -0.05) is 91.0 Å². The number of ether oxygens (including phenoxy) is 3. The quantitative estimate of drug-likeness (QED) is 0.172. The molecule has 39 heavy (non-hydrogen) atoms. The SMILES string of the molecule is [13CH3]C(=O)C(=O)OCc1ccccc1.[13CH3]C(=O)[13C](=O)OCc1ccccc1.[13CH3][13C](=O)C(=O)OCc1ccccc1. The lowest BCUT2D eigenvalue weighted by Gasteiger charge is -2.01. The van der Waals surface area contributed by atoms with Gasteiger partial charge in [0, 0.05) is 20.8 Å². The molecule has 0 amide bonds. The Bertz CT molecular complexity index is 1070. The molecule has 0 heterocycles. The minimum atomic E-state index is -0.788. The van der Waals surface area contributed by atoms with Crippen molar-refractivity contribution in [2.24, 2.45) is 0 Å². The zero-order valence-electron chi connectivity index (χ0n) is 22.0.